The minimum Gasteiger partial charge on any atom is -0.310 e. The fourth-order valence-corrected chi connectivity index (χ4v) is 2.79. The molecule has 1 unspecified atom stereocenters. The molecule has 0 radical (unpaired) electrons. The number of unbranched alkanes of at least 4 members (excludes halogenated alkanes) is 3. The monoisotopic (exact) mass is 259 g/mol. The highest BCUT2D eigenvalue weighted by Crippen LogP contribution is 2.26. The van der Waals surface area contributed by atoms with Gasteiger partial charge < -0.3 is 5.32 Å². The molecule has 1 rings (SSSR count). The Morgan fingerprint density at radius 2 is 1.84 bits per heavy atom. The summed E-state index contributed by atoms with van der Waals surface area (Å²) >= 11 is 0. The van der Waals surface area contributed by atoms with Crippen molar-refractivity contribution in [1.29, 1.82) is 0 Å². The molecule has 0 spiro atoms. The zero-order chi connectivity index (χ0) is 14.1. The highest BCUT2D eigenvalue weighted by Gasteiger charge is 2.14. The van der Waals surface area contributed by atoms with Gasteiger partial charge >= 0.3 is 0 Å². The Labute approximate surface area is 119 Å². The van der Waals surface area contributed by atoms with Gasteiger partial charge in [0.05, 0.1) is 0 Å². The van der Waals surface area contributed by atoms with Crippen LogP contribution in [-0.2, 0) is 0 Å². The van der Waals surface area contributed by atoms with Crippen molar-refractivity contribution in [3.8, 4) is 0 Å². The largest absolute Gasteiger partial charge is 0.310 e. The molecule has 1 atom stereocenters. The van der Waals surface area contributed by atoms with Gasteiger partial charge in [-0.3, -0.25) is 0 Å². The average molecular weight is 259 g/mol. The third-order valence-corrected chi connectivity index (χ3v) is 3.74. The van der Waals surface area contributed by atoms with E-state index in [2.05, 4.69) is 50.9 Å². The summed E-state index contributed by atoms with van der Waals surface area (Å²) in [5.41, 5.74) is 4.34. The summed E-state index contributed by atoms with van der Waals surface area (Å²) < 4.78 is 0. The van der Waals surface area contributed by atoms with Gasteiger partial charge in [0.2, 0.25) is 0 Å². The molecule has 19 heavy (non-hydrogen) atoms. The Morgan fingerprint density at radius 1 is 1.16 bits per heavy atom. The molecule has 106 valence electrons. The van der Waals surface area contributed by atoms with Crippen molar-refractivity contribution >= 4 is 0 Å². The molecule has 0 saturated carbocycles. The van der Waals surface area contributed by atoms with E-state index in [0.29, 0.717) is 6.04 Å². The highest BCUT2D eigenvalue weighted by atomic mass is 14.9. The Bertz CT molecular complexity index is 361. The van der Waals surface area contributed by atoms with Gasteiger partial charge in [-0.25, -0.2) is 0 Å². The first-order chi connectivity index (χ1) is 9.20. The van der Waals surface area contributed by atoms with E-state index in [-0.39, 0.29) is 0 Å². The van der Waals surface area contributed by atoms with Crippen molar-refractivity contribution in [2.45, 2.75) is 58.9 Å². The third kappa shape index (κ3) is 5.20. The van der Waals surface area contributed by atoms with Crippen molar-refractivity contribution in [3.63, 3.8) is 0 Å². The molecule has 1 aromatic rings. The second-order valence-electron chi connectivity index (χ2n) is 5.34. The number of allylic oxidation sites excluding steroid dienone is 1. The van der Waals surface area contributed by atoms with Gasteiger partial charge in [0.15, 0.2) is 0 Å². The first kappa shape index (κ1) is 16.0. The van der Waals surface area contributed by atoms with E-state index in [1.165, 1.54) is 42.4 Å². The summed E-state index contributed by atoms with van der Waals surface area (Å²) in [5.74, 6) is 0. The van der Waals surface area contributed by atoms with Gasteiger partial charge in [0.25, 0.3) is 0 Å². The fourth-order valence-electron chi connectivity index (χ4n) is 2.79. The number of hydrogen-bond acceptors (Lipinski definition) is 1. The van der Waals surface area contributed by atoms with E-state index in [4.69, 9.17) is 0 Å². The smallest absolute Gasteiger partial charge is 0.0325 e. The second kappa shape index (κ2) is 8.92. The number of nitrogens with one attached hydrogen (secondary N) is 1. The first-order valence-electron chi connectivity index (χ1n) is 7.61. The van der Waals surface area contributed by atoms with Crippen LogP contribution in [0.4, 0.5) is 0 Å². The Morgan fingerprint density at radius 3 is 2.42 bits per heavy atom. The maximum atomic E-state index is 3.78. The van der Waals surface area contributed by atoms with Crippen LogP contribution in [0.1, 0.15) is 61.8 Å². The topological polar surface area (TPSA) is 12.0 Å². The molecule has 0 bridgehead atoms. The highest BCUT2D eigenvalue weighted by molar-refractivity contribution is 5.36. The van der Waals surface area contributed by atoms with Gasteiger partial charge in [-0.05, 0) is 56.3 Å². The molecule has 0 aliphatic carbocycles. The Kier molecular flexibility index (Phi) is 7.50. The number of aryl methyl sites for hydroxylation is 2. The molecule has 1 aromatic carbocycles. The van der Waals surface area contributed by atoms with Crippen LogP contribution in [-0.4, -0.2) is 6.54 Å². The van der Waals surface area contributed by atoms with E-state index < -0.39 is 0 Å². The van der Waals surface area contributed by atoms with Gasteiger partial charge in [0, 0.05) is 6.04 Å². The lowest BCUT2D eigenvalue weighted by molar-refractivity contribution is 0.480. The molecule has 0 heterocycles. The van der Waals surface area contributed by atoms with Gasteiger partial charge in [-0.15, -0.1) is 6.58 Å². The minimum atomic E-state index is 0.509. The molecule has 0 saturated heterocycles. The summed E-state index contributed by atoms with van der Waals surface area (Å²) in [6.07, 6.45) is 8.27. The van der Waals surface area contributed by atoms with Crippen LogP contribution in [0.15, 0.2) is 30.9 Å². The van der Waals surface area contributed by atoms with Gasteiger partial charge in [-0.2, -0.15) is 0 Å². The van der Waals surface area contributed by atoms with E-state index >= 15 is 0 Å². The summed E-state index contributed by atoms with van der Waals surface area (Å²) in [5, 5.41) is 3.65. The minimum absolute atomic E-state index is 0.509. The van der Waals surface area contributed by atoms with Gasteiger partial charge in [0.1, 0.15) is 0 Å². The van der Waals surface area contributed by atoms with Gasteiger partial charge in [-0.1, -0.05) is 44.0 Å². The SMILES string of the molecule is C=CCCCCCC(NCC)c1c(C)cccc1C. The molecule has 0 aliphatic heterocycles. The van der Waals surface area contributed by atoms with Crippen molar-refractivity contribution in [1.82, 2.24) is 5.32 Å². The molecule has 0 aliphatic rings. The molecule has 0 amide bonds. The van der Waals surface area contributed by atoms with Crippen LogP contribution in [0.2, 0.25) is 0 Å². The van der Waals surface area contributed by atoms with Crippen molar-refractivity contribution in [2.24, 2.45) is 0 Å². The summed E-state index contributed by atoms with van der Waals surface area (Å²) in [6.45, 7) is 11.5. The van der Waals surface area contributed by atoms with Crippen molar-refractivity contribution in [2.75, 3.05) is 6.54 Å². The lowest BCUT2D eigenvalue weighted by Crippen LogP contribution is -2.22. The maximum absolute atomic E-state index is 3.78. The van der Waals surface area contributed by atoms with Crippen LogP contribution < -0.4 is 5.32 Å². The molecule has 0 aromatic heterocycles. The van der Waals surface area contributed by atoms with Crippen molar-refractivity contribution in [3.05, 3.63) is 47.5 Å². The zero-order valence-corrected chi connectivity index (χ0v) is 12.8. The maximum Gasteiger partial charge on any atom is 0.0325 e. The van der Waals surface area contributed by atoms with Crippen LogP contribution in [0, 0.1) is 13.8 Å². The average Bonchev–Trinajstić information content (AvgIpc) is 2.38. The predicted molar refractivity (Wildman–Crippen MR) is 85.6 cm³/mol. The second-order valence-corrected chi connectivity index (χ2v) is 5.34. The summed E-state index contributed by atoms with van der Waals surface area (Å²) in [4.78, 5) is 0. The lowest BCUT2D eigenvalue weighted by Gasteiger charge is -2.22. The predicted octanol–water partition coefficient (Wildman–Crippen LogP) is 5.09. The number of benzene rings is 1. The van der Waals surface area contributed by atoms with Crippen LogP contribution in [0.5, 0.6) is 0 Å². The fraction of sp³-hybridized carbons (Fsp3) is 0.556. The third-order valence-electron chi connectivity index (χ3n) is 3.74. The molecule has 1 heteroatoms. The lowest BCUT2D eigenvalue weighted by atomic mass is 9.92. The summed E-state index contributed by atoms with van der Waals surface area (Å²) in [6, 6.07) is 7.12. The normalized spacial score (nSPS) is 12.4. The quantitative estimate of drug-likeness (QED) is 0.481. The van der Waals surface area contributed by atoms with Crippen LogP contribution in [0.3, 0.4) is 0 Å². The molecule has 0 fully saturated rings. The van der Waals surface area contributed by atoms with E-state index in [0.717, 1.165) is 13.0 Å². The number of hydrogen-bond donors (Lipinski definition) is 1. The van der Waals surface area contributed by atoms with Crippen LogP contribution in [0.25, 0.3) is 0 Å². The Hall–Kier alpha value is -1.08. The van der Waals surface area contributed by atoms with E-state index in [1.54, 1.807) is 0 Å². The Balaban J connectivity index is 2.63. The molecule has 1 N–H and O–H groups in total. The summed E-state index contributed by atoms with van der Waals surface area (Å²) in [7, 11) is 0. The van der Waals surface area contributed by atoms with E-state index in [9.17, 15) is 0 Å². The zero-order valence-electron chi connectivity index (χ0n) is 12.8. The van der Waals surface area contributed by atoms with Crippen LogP contribution >= 0.6 is 0 Å². The molecular formula is C18H29N. The molecular weight excluding hydrogens is 230 g/mol. The standard InChI is InChI=1S/C18H29N/c1-5-7-8-9-10-14-17(19-6-2)18-15(3)12-11-13-16(18)4/h5,11-13,17,19H,1,6-10,14H2,2-4H3. The first-order valence-corrected chi connectivity index (χ1v) is 7.61. The molecule has 1 nitrogen and oxygen atoms in total. The van der Waals surface area contributed by atoms with E-state index in [1.807, 2.05) is 6.08 Å². The number of rotatable bonds is 9. The van der Waals surface area contributed by atoms with Crippen molar-refractivity contribution < 1.29 is 0 Å².